The largest absolute Gasteiger partial charge is 0.280 e. The maximum Gasteiger partial charge on any atom is 0.232 e. The topological polar surface area (TPSA) is 17.1 Å². The van der Waals surface area contributed by atoms with Crippen molar-refractivity contribution in [2.24, 2.45) is 0 Å². The van der Waals surface area contributed by atoms with E-state index < -0.39 is 22.3 Å². The average Bonchev–Trinajstić information content (AvgIpc) is 2.21. The summed E-state index contributed by atoms with van der Waals surface area (Å²) in [5.74, 6) is -1.26. The van der Waals surface area contributed by atoms with Crippen LogP contribution in [0.5, 0.6) is 0 Å². The van der Waals surface area contributed by atoms with Gasteiger partial charge < -0.3 is 0 Å². The number of rotatable bonds is 4. The summed E-state index contributed by atoms with van der Waals surface area (Å²) in [5.41, 5.74) is -1.33. The van der Waals surface area contributed by atoms with Crippen LogP contribution in [0.3, 0.4) is 0 Å². The van der Waals surface area contributed by atoms with E-state index in [2.05, 4.69) is 6.58 Å². The molecule has 16 heavy (non-hydrogen) atoms. The third kappa shape index (κ3) is 2.30. The molecule has 0 saturated carbocycles. The Morgan fingerprint density at radius 1 is 1.56 bits per heavy atom. The second-order valence-corrected chi connectivity index (χ2v) is 4.07. The van der Waals surface area contributed by atoms with Gasteiger partial charge in [-0.3, -0.25) is 4.79 Å². The molecule has 0 aromatic heterocycles. The maximum absolute atomic E-state index is 13.5. The molecule has 1 nitrogen and oxygen atoms in total. The molecule has 4 heteroatoms. The van der Waals surface area contributed by atoms with Crippen molar-refractivity contribution < 1.29 is 13.6 Å². The Labute approximate surface area is 97.7 Å². The lowest BCUT2D eigenvalue weighted by molar-refractivity contribution is -0.116. The number of hydrogen-bond donors (Lipinski definition) is 0. The molecule has 1 aromatic carbocycles. The zero-order chi connectivity index (χ0) is 12.3. The van der Waals surface area contributed by atoms with E-state index in [0.29, 0.717) is 0 Å². The highest BCUT2D eigenvalue weighted by Gasteiger charge is 2.35. The molecule has 0 fully saturated rings. The standard InChI is InChI=1S/C12H11ClF2O/c1-3-6-12(2,11(13)16)9-7-8(14)4-5-10(9)15/h3-5,7H,1,6H2,2H3. The molecule has 0 heterocycles. The molecular formula is C12H11ClF2O. The predicted molar refractivity (Wildman–Crippen MR) is 59.4 cm³/mol. The summed E-state index contributed by atoms with van der Waals surface area (Å²) in [6, 6.07) is 2.96. The minimum Gasteiger partial charge on any atom is -0.280 e. The van der Waals surface area contributed by atoms with E-state index in [1.54, 1.807) is 0 Å². The van der Waals surface area contributed by atoms with Gasteiger partial charge in [-0.25, -0.2) is 8.78 Å². The Balaban J connectivity index is 3.36. The smallest absolute Gasteiger partial charge is 0.232 e. The van der Waals surface area contributed by atoms with Gasteiger partial charge in [0.1, 0.15) is 11.6 Å². The Bertz CT molecular complexity index is 431. The van der Waals surface area contributed by atoms with Gasteiger partial charge in [0.25, 0.3) is 0 Å². The van der Waals surface area contributed by atoms with E-state index in [1.807, 2.05) is 0 Å². The van der Waals surface area contributed by atoms with E-state index in [9.17, 15) is 13.6 Å². The van der Waals surface area contributed by atoms with E-state index in [4.69, 9.17) is 11.6 Å². The number of hydrogen-bond acceptors (Lipinski definition) is 1. The minimum absolute atomic E-state index is 0.0487. The molecule has 0 bridgehead atoms. The number of carbonyl (C=O) groups excluding carboxylic acids is 1. The number of carbonyl (C=O) groups is 1. The van der Waals surface area contributed by atoms with Gasteiger partial charge in [0, 0.05) is 5.56 Å². The van der Waals surface area contributed by atoms with Gasteiger partial charge in [-0.05, 0) is 43.1 Å². The molecule has 0 aliphatic rings. The van der Waals surface area contributed by atoms with Crippen molar-refractivity contribution in [1.29, 1.82) is 0 Å². The molecule has 0 radical (unpaired) electrons. The fourth-order valence-corrected chi connectivity index (χ4v) is 1.68. The molecule has 1 atom stereocenters. The molecular weight excluding hydrogens is 234 g/mol. The summed E-state index contributed by atoms with van der Waals surface area (Å²) in [6.45, 7) is 4.94. The lowest BCUT2D eigenvalue weighted by Crippen LogP contribution is -2.29. The molecule has 1 aromatic rings. The van der Waals surface area contributed by atoms with Gasteiger partial charge in [-0.1, -0.05) is 6.08 Å². The van der Waals surface area contributed by atoms with Crippen molar-refractivity contribution in [3.05, 3.63) is 48.1 Å². The lowest BCUT2D eigenvalue weighted by atomic mass is 9.80. The summed E-state index contributed by atoms with van der Waals surface area (Å²) in [7, 11) is 0. The quantitative estimate of drug-likeness (QED) is 0.585. The first-order valence-electron chi connectivity index (χ1n) is 4.68. The van der Waals surface area contributed by atoms with Gasteiger partial charge in [-0.15, -0.1) is 6.58 Å². The normalized spacial score (nSPS) is 14.2. The fraction of sp³-hybridized carbons (Fsp3) is 0.250. The average molecular weight is 245 g/mol. The van der Waals surface area contributed by atoms with Crippen LogP contribution < -0.4 is 0 Å². The monoisotopic (exact) mass is 244 g/mol. The number of halogens is 3. The van der Waals surface area contributed by atoms with Crippen molar-refractivity contribution in [3.8, 4) is 0 Å². The Morgan fingerprint density at radius 3 is 2.69 bits per heavy atom. The van der Waals surface area contributed by atoms with Crippen molar-refractivity contribution in [2.75, 3.05) is 0 Å². The first-order valence-corrected chi connectivity index (χ1v) is 5.06. The van der Waals surface area contributed by atoms with E-state index in [0.717, 1.165) is 18.2 Å². The van der Waals surface area contributed by atoms with Crippen LogP contribution in [-0.4, -0.2) is 5.24 Å². The Morgan fingerprint density at radius 2 is 2.19 bits per heavy atom. The summed E-state index contributed by atoms with van der Waals surface area (Å²) in [5, 5.41) is -0.739. The second kappa shape index (κ2) is 4.74. The highest BCUT2D eigenvalue weighted by Crippen LogP contribution is 2.33. The summed E-state index contributed by atoms with van der Waals surface area (Å²) < 4.78 is 26.6. The highest BCUT2D eigenvalue weighted by atomic mass is 35.5. The van der Waals surface area contributed by atoms with Gasteiger partial charge >= 0.3 is 0 Å². The van der Waals surface area contributed by atoms with Gasteiger partial charge in [0.2, 0.25) is 5.24 Å². The summed E-state index contributed by atoms with van der Waals surface area (Å²) in [4.78, 5) is 11.3. The predicted octanol–water partition coefficient (Wildman–Crippen LogP) is 3.56. The van der Waals surface area contributed by atoms with Gasteiger partial charge in [-0.2, -0.15) is 0 Å². The van der Waals surface area contributed by atoms with Crippen molar-refractivity contribution in [3.63, 3.8) is 0 Å². The minimum atomic E-state index is -1.28. The molecule has 0 aliphatic carbocycles. The first-order chi connectivity index (χ1) is 7.41. The van der Waals surface area contributed by atoms with Crippen molar-refractivity contribution in [1.82, 2.24) is 0 Å². The maximum atomic E-state index is 13.5. The van der Waals surface area contributed by atoms with Crippen LogP contribution in [0.15, 0.2) is 30.9 Å². The van der Waals surface area contributed by atoms with Crippen LogP contribution >= 0.6 is 11.6 Å². The van der Waals surface area contributed by atoms with Gasteiger partial charge in [0.05, 0.1) is 5.41 Å². The Hall–Kier alpha value is -1.22. The molecule has 0 aliphatic heterocycles. The second-order valence-electron chi connectivity index (χ2n) is 3.72. The first kappa shape index (κ1) is 12.8. The van der Waals surface area contributed by atoms with Crippen LogP contribution in [0.2, 0.25) is 0 Å². The van der Waals surface area contributed by atoms with E-state index in [1.165, 1.54) is 13.0 Å². The van der Waals surface area contributed by atoms with E-state index in [-0.39, 0.29) is 12.0 Å². The Kier molecular flexibility index (Phi) is 3.81. The zero-order valence-corrected chi connectivity index (χ0v) is 9.52. The third-order valence-corrected chi connectivity index (χ3v) is 2.93. The molecule has 0 amide bonds. The SMILES string of the molecule is C=CCC(C)(C(=O)Cl)c1cc(F)ccc1F. The fourth-order valence-electron chi connectivity index (χ4n) is 1.51. The summed E-state index contributed by atoms with van der Waals surface area (Å²) in [6.07, 6.45) is 1.60. The zero-order valence-electron chi connectivity index (χ0n) is 8.77. The highest BCUT2D eigenvalue weighted by molar-refractivity contribution is 6.65. The molecule has 1 rings (SSSR count). The van der Waals surface area contributed by atoms with Crippen molar-refractivity contribution in [2.45, 2.75) is 18.8 Å². The molecule has 86 valence electrons. The van der Waals surface area contributed by atoms with Crippen molar-refractivity contribution >= 4 is 16.8 Å². The summed E-state index contributed by atoms with van der Waals surface area (Å²) >= 11 is 5.45. The molecule has 0 saturated heterocycles. The molecule has 1 unspecified atom stereocenters. The van der Waals surface area contributed by atoms with Crippen LogP contribution in [-0.2, 0) is 10.2 Å². The number of allylic oxidation sites excluding steroid dienone is 1. The lowest BCUT2D eigenvalue weighted by Gasteiger charge is -2.24. The van der Waals surface area contributed by atoms with Crippen LogP contribution in [0.4, 0.5) is 8.78 Å². The molecule has 0 N–H and O–H groups in total. The number of benzene rings is 1. The van der Waals surface area contributed by atoms with Crippen LogP contribution in [0, 0.1) is 11.6 Å². The van der Waals surface area contributed by atoms with Crippen LogP contribution in [0.25, 0.3) is 0 Å². The third-order valence-electron chi connectivity index (χ3n) is 2.51. The molecule has 0 spiro atoms. The van der Waals surface area contributed by atoms with Crippen LogP contribution in [0.1, 0.15) is 18.9 Å². The van der Waals surface area contributed by atoms with Gasteiger partial charge in [0.15, 0.2) is 0 Å². The van der Waals surface area contributed by atoms with E-state index >= 15 is 0 Å².